The number of likely N-dealkylation sites (tertiary alicyclic amines) is 1. The van der Waals surface area contributed by atoms with Gasteiger partial charge < -0.3 is 19.9 Å². The maximum Gasteiger partial charge on any atom is 0.225 e. The summed E-state index contributed by atoms with van der Waals surface area (Å²) in [6, 6.07) is 0. The molecule has 3 aliphatic rings. The molecule has 0 bridgehead atoms. The highest BCUT2D eigenvalue weighted by molar-refractivity contribution is 14.0. The van der Waals surface area contributed by atoms with Gasteiger partial charge in [0, 0.05) is 45.2 Å². The summed E-state index contributed by atoms with van der Waals surface area (Å²) in [4.78, 5) is 21.9. The fourth-order valence-electron chi connectivity index (χ4n) is 4.83. The number of rotatable bonds is 7. The van der Waals surface area contributed by atoms with Crippen LogP contribution in [0.3, 0.4) is 0 Å². The van der Waals surface area contributed by atoms with E-state index in [2.05, 4.69) is 17.1 Å². The van der Waals surface area contributed by atoms with E-state index >= 15 is 0 Å². The molecule has 1 aliphatic carbocycles. The molecule has 0 aromatic carbocycles. The molecule has 29 heavy (non-hydrogen) atoms. The number of guanidine groups is 1. The second-order valence-corrected chi connectivity index (χ2v) is 8.58. The number of morpholine rings is 1. The number of nitrogens with one attached hydrogen (secondary N) is 1. The van der Waals surface area contributed by atoms with E-state index in [-0.39, 0.29) is 29.9 Å². The summed E-state index contributed by atoms with van der Waals surface area (Å²) < 4.78 is 5.37. The summed E-state index contributed by atoms with van der Waals surface area (Å²) in [5, 5.41) is 3.46. The monoisotopic (exact) mass is 520 g/mol. The Labute approximate surface area is 194 Å². The minimum Gasteiger partial charge on any atom is -0.378 e. The predicted molar refractivity (Wildman–Crippen MR) is 129 cm³/mol. The molecule has 3 rings (SSSR count). The molecule has 1 amide bonds. The van der Waals surface area contributed by atoms with Crippen LogP contribution in [-0.2, 0) is 9.53 Å². The second kappa shape index (κ2) is 13.7. The Bertz CT molecular complexity index is 497. The van der Waals surface area contributed by atoms with Crippen LogP contribution in [0.2, 0.25) is 0 Å². The Morgan fingerprint density at radius 3 is 2.34 bits per heavy atom. The molecule has 0 aromatic heterocycles. The summed E-state index contributed by atoms with van der Waals surface area (Å²) in [6.07, 6.45) is 11.5. The van der Waals surface area contributed by atoms with E-state index in [1.165, 1.54) is 44.9 Å². The van der Waals surface area contributed by atoms with Gasteiger partial charge in [0.25, 0.3) is 0 Å². The Balaban J connectivity index is 0.00000300. The number of amides is 1. The summed E-state index contributed by atoms with van der Waals surface area (Å²) >= 11 is 0. The van der Waals surface area contributed by atoms with Gasteiger partial charge in [-0.1, -0.05) is 38.5 Å². The van der Waals surface area contributed by atoms with Crippen LogP contribution in [0.5, 0.6) is 0 Å². The van der Waals surface area contributed by atoms with Crippen LogP contribution in [0.4, 0.5) is 0 Å². The number of nitrogens with zero attached hydrogens (tertiary/aromatic N) is 3. The first-order valence-corrected chi connectivity index (χ1v) is 11.7. The van der Waals surface area contributed by atoms with Crippen molar-refractivity contribution in [2.75, 3.05) is 52.5 Å². The van der Waals surface area contributed by atoms with E-state index in [1.54, 1.807) is 0 Å². The van der Waals surface area contributed by atoms with Gasteiger partial charge in [-0.3, -0.25) is 9.79 Å². The molecule has 2 aliphatic heterocycles. The lowest BCUT2D eigenvalue weighted by Gasteiger charge is -2.36. The van der Waals surface area contributed by atoms with Crippen molar-refractivity contribution in [3.05, 3.63) is 0 Å². The molecule has 3 fully saturated rings. The van der Waals surface area contributed by atoms with Gasteiger partial charge in [-0.2, -0.15) is 0 Å². The van der Waals surface area contributed by atoms with Crippen molar-refractivity contribution in [2.24, 2.45) is 16.8 Å². The molecule has 0 atom stereocenters. The van der Waals surface area contributed by atoms with Crippen LogP contribution >= 0.6 is 24.0 Å². The van der Waals surface area contributed by atoms with Crippen molar-refractivity contribution in [2.45, 2.75) is 64.7 Å². The normalized spacial score (nSPS) is 21.9. The molecule has 2 heterocycles. The molecule has 1 N–H and O–H groups in total. The molecule has 0 aromatic rings. The standard InChI is InChI=1S/C22H40N4O2.HI/c1-2-23-22(24-12-6-5-9-19-7-3-4-8-19)26-13-10-20(11-14-26)21(27)25-15-17-28-18-16-25;/h19-20H,2-18H2,1H3,(H,23,24);1H. The Morgan fingerprint density at radius 1 is 1.00 bits per heavy atom. The zero-order valence-corrected chi connectivity index (χ0v) is 20.6. The van der Waals surface area contributed by atoms with Gasteiger partial charge in [0.15, 0.2) is 5.96 Å². The van der Waals surface area contributed by atoms with Gasteiger partial charge in [0.1, 0.15) is 0 Å². The smallest absolute Gasteiger partial charge is 0.225 e. The van der Waals surface area contributed by atoms with E-state index in [0.717, 1.165) is 64.0 Å². The average molecular weight is 521 g/mol. The summed E-state index contributed by atoms with van der Waals surface area (Å²) in [5.41, 5.74) is 0. The first-order valence-electron chi connectivity index (χ1n) is 11.7. The van der Waals surface area contributed by atoms with Crippen LogP contribution in [0.15, 0.2) is 4.99 Å². The maximum atomic E-state index is 12.7. The van der Waals surface area contributed by atoms with Gasteiger partial charge in [-0.15, -0.1) is 24.0 Å². The molecule has 0 unspecified atom stereocenters. The van der Waals surface area contributed by atoms with E-state index in [1.807, 2.05) is 4.90 Å². The lowest BCUT2D eigenvalue weighted by molar-refractivity contribution is -0.140. The van der Waals surface area contributed by atoms with Crippen LogP contribution < -0.4 is 5.32 Å². The molecule has 0 radical (unpaired) electrons. The van der Waals surface area contributed by atoms with Gasteiger partial charge in [-0.25, -0.2) is 0 Å². The van der Waals surface area contributed by atoms with Crippen LogP contribution in [0.1, 0.15) is 64.7 Å². The zero-order valence-electron chi connectivity index (χ0n) is 18.2. The molecule has 168 valence electrons. The highest BCUT2D eigenvalue weighted by Gasteiger charge is 2.30. The van der Waals surface area contributed by atoms with Crippen LogP contribution in [0, 0.1) is 11.8 Å². The first-order chi connectivity index (χ1) is 13.8. The van der Waals surface area contributed by atoms with E-state index in [9.17, 15) is 4.79 Å². The SMILES string of the molecule is CCNC(=NCCCCC1CCCC1)N1CCC(C(=O)N2CCOCC2)CC1.I. The lowest BCUT2D eigenvalue weighted by atomic mass is 9.95. The Kier molecular flexibility index (Phi) is 11.6. The third kappa shape index (κ3) is 7.89. The maximum absolute atomic E-state index is 12.7. The van der Waals surface area contributed by atoms with Gasteiger partial charge in [-0.05, 0) is 32.1 Å². The number of carbonyl (C=O) groups excluding carboxylic acids is 1. The number of halogens is 1. The van der Waals surface area contributed by atoms with Crippen LogP contribution in [0.25, 0.3) is 0 Å². The molecular formula is C22H41IN4O2. The zero-order chi connectivity index (χ0) is 19.6. The summed E-state index contributed by atoms with van der Waals surface area (Å²) in [7, 11) is 0. The Morgan fingerprint density at radius 2 is 1.69 bits per heavy atom. The average Bonchev–Trinajstić information content (AvgIpc) is 3.26. The van der Waals surface area contributed by atoms with E-state index in [4.69, 9.17) is 9.73 Å². The minimum absolute atomic E-state index is 0. The first kappa shape index (κ1) is 24.7. The van der Waals surface area contributed by atoms with Crippen molar-refractivity contribution < 1.29 is 9.53 Å². The van der Waals surface area contributed by atoms with Gasteiger partial charge in [0.2, 0.25) is 5.91 Å². The van der Waals surface area contributed by atoms with Crippen molar-refractivity contribution in [3.8, 4) is 0 Å². The van der Waals surface area contributed by atoms with Crippen molar-refractivity contribution >= 4 is 35.8 Å². The van der Waals surface area contributed by atoms with Gasteiger partial charge >= 0.3 is 0 Å². The molecular weight excluding hydrogens is 479 g/mol. The topological polar surface area (TPSA) is 57.2 Å². The van der Waals surface area contributed by atoms with Crippen LogP contribution in [-0.4, -0.2) is 74.1 Å². The fraction of sp³-hybridized carbons (Fsp3) is 0.909. The molecule has 7 heteroatoms. The molecule has 6 nitrogen and oxygen atoms in total. The largest absolute Gasteiger partial charge is 0.378 e. The Hall–Kier alpha value is -0.570. The third-order valence-corrected chi connectivity index (χ3v) is 6.56. The summed E-state index contributed by atoms with van der Waals surface area (Å²) in [5.74, 6) is 2.53. The van der Waals surface area contributed by atoms with E-state index < -0.39 is 0 Å². The highest BCUT2D eigenvalue weighted by atomic mass is 127. The van der Waals surface area contributed by atoms with E-state index in [0.29, 0.717) is 19.1 Å². The number of hydrogen-bond acceptors (Lipinski definition) is 3. The number of ether oxygens (including phenoxy) is 1. The number of piperidine rings is 1. The van der Waals surface area contributed by atoms with Crippen molar-refractivity contribution in [1.82, 2.24) is 15.1 Å². The predicted octanol–water partition coefficient (Wildman–Crippen LogP) is 3.50. The van der Waals surface area contributed by atoms with Crippen molar-refractivity contribution in [3.63, 3.8) is 0 Å². The second-order valence-electron chi connectivity index (χ2n) is 8.58. The summed E-state index contributed by atoms with van der Waals surface area (Å²) in [6.45, 7) is 8.67. The van der Waals surface area contributed by atoms with Gasteiger partial charge in [0.05, 0.1) is 13.2 Å². The molecule has 0 spiro atoms. The lowest BCUT2D eigenvalue weighted by Crippen LogP contribution is -2.50. The van der Waals surface area contributed by atoms with Crippen molar-refractivity contribution in [1.29, 1.82) is 0 Å². The number of unbranched alkanes of at least 4 members (excludes halogenated alkanes) is 1. The molecule has 2 saturated heterocycles. The third-order valence-electron chi connectivity index (χ3n) is 6.56. The number of carbonyl (C=O) groups is 1. The highest BCUT2D eigenvalue weighted by Crippen LogP contribution is 2.28. The molecule has 1 saturated carbocycles. The minimum atomic E-state index is 0. The number of aliphatic imine (C=N–C) groups is 1. The number of hydrogen-bond donors (Lipinski definition) is 1. The fourth-order valence-corrected chi connectivity index (χ4v) is 4.83. The quantitative estimate of drug-likeness (QED) is 0.242.